The molecule has 0 bridgehead atoms. The van der Waals surface area contributed by atoms with Crippen molar-refractivity contribution in [1.82, 2.24) is 9.88 Å². The molecule has 0 unspecified atom stereocenters. The van der Waals surface area contributed by atoms with Crippen LogP contribution in [0.4, 0.5) is 13.6 Å². The fourth-order valence-electron chi connectivity index (χ4n) is 3.36. The van der Waals surface area contributed by atoms with E-state index in [4.69, 9.17) is 9.47 Å². The Balaban J connectivity index is 1.93. The first-order valence-corrected chi connectivity index (χ1v) is 10.2. The fourth-order valence-corrected chi connectivity index (χ4v) is 3.36. The lowest BCUT2D eigenvalue weighted by Gasteiger charge is -2.19. The van der Waals surface area contributed by atoms with Gasteiger partial charge in [0.1, 0.15) is 23.3 Å². The van der Waals surface area contributed by atoms with Gasteiger partial charge in [0, 0.05) is 29.6 Å². The van der Waals surface area contributed by atoms with E-state index in [9.17, 15) is 23.2 Å². The Bertz CT molecular complexity index is 1190. The molecule has 2 aromatic carbocycles. The van der Waals surface area contributed by atoms with Crippen molar-refractivity contribution in [1.29, 1.82) is 0 Å². The zero-order chi connectivity index (χ0) is 24.3. The van der Waals surface area contributed by atoms with Crippen LogP contribution in [-0.4, -0.2) is 41.3 Å². The SMILES string of the molecule is COC(=O)[C@H](Cc1cn(C(=O)OC(C)(C)C)c2ccccc12)NC(=O)c1cc(F)cc(F)c1. The van der Waals surface area contributed by atoms with Gasteiger partial charge in [-0.05, 0) is 44.5 Å². The van der Waals surface area contributed by atoms with Crippen LogP contribution in [0.3, 0.4) is 0 Å². The van der Waals surface area contributed by atoms with Crippen LogP contribution in [0.5, 0.6) is 0 Å². The number of benzene rings is 2. The molecule has 1 heterocycles. The van der Waals surface area contributed by atoms with Crippen LogP contribution in [0.2, 0.25) is 0 Å². The molecule has 1 atom stereocenters. The Hall–Kier alpha value is -3.75. The number of aromatic nitrogens is 1. The Morgan fingerprint density at radius 3 is 2.30 bits per heavy atom. The molecule has 0 saturated carbocycles. The molecule has 0 fully saturated rings. The van der Waals surface area contributed by atoms with Crippen LogP contribution in [0.25, 0.3) is 10.9 Å². The van der Waals surface area contributed by atoms with Crippen molar-refractivity contribution >= 4 is 28.9 Å². The van der Waals surface area contributed by atoms with Crippen molar-refractivity contribution in [3.8, 4) is 0 Å². The molecule has 9 heteroatoms. The lowest BCUT2D eigenvalue weighted by atomic mass is 10.0. The number of hydrogen-bond donors (Lipinski definition) is 1. The number of hydrogen-bond acceptors (Lipinski definition) is 5. The molecular formula is C24H24F2N2O5. The second-order valence-electron chi connectivity index (χ2n) is 8.43. The Kier molecular flexibility index (Phi) is 6.81. The van der Waals surface area contributed by atoms with Crippen LogP contribution >= 0.6 is 0 Å². The largest absolute Gasteiger partial charge is 0.467 e. The molecule has 0 aliphatic heterocycles. The Labute approximate surface area is 189 Å². The number of para-hydroxylation sites is 1. The normalized spacial score (nSPS) is 12.3. The van der Waals surface area contributed by atoms with Gasteiger partial charge in [0.05, 0.1) is 12.6 Å². The van der Waals surface area contributed by atoms with E-state index in [1.165, 1.54) is 10.8 Å². The van der Waals surface area contributed by atoms with E-state index in [1.807, 2.05) is 0 Å². The van der Waals surface area contributed by atoms with Gasteiger partial charge in [-0.1, -0.05) is 18.2 Å². The maximum atomic E-state index is 13.5. The summed E-state index contributed by atoms with van der Waals surface area (Å²) in [6.45, 7) is 5.24. The van der Waals surface area contributed by atoms with Crippen molar-refractivity contribution in [3.05, 3.63) is 71.4 Å². The van der Waals surface area contributed by atoms with E-state index in [-0.39, 0.29) is 12.0 Å². The highest BCUT2D eigenvalue weighted by atomic mass is 19.1. The Morgan fingerprint density at radius 2 is 1.70 bits per heavy atom. The second kappa shape index (κ2) is 9.40. The first-order valence-electron chi connectivity index (χ1n) is 10.2. The second-order valence-corrected chi connectivity index (χ2v) is 8.43. The molecule has 33 heavy (non-hydrogen) atoms. The highest BCUT2D eigenvalue weighted by molar-refractivity contribution is 5.97. The summed E-state index contributed by atoms with van der Waals surface area (Å²) < 4.78 is 38.6. The summed E-state index contributed by atoms with van der Waals surface area (Å²) in [6.07, 6.45) is 0.897. The van der Waals surface area contributed by atoms with Gasteiger partial charge in [0.25, 0.3) is 5.91 Å². The lowest BCUT2D eigenvalue weighted by molar-refractivity contribution is -0.142. The molecule has 0 aliphatic rings. The molecular weight excluding hydrogens is 434 g/mol. The fraction of sp³-hybridized carbons (Fsp3) is 0.292. The van der Waals surface area contributed by atoms with Crippen molar-refractivity contribution in [2.75, 3.05) is 7.11 Å². The van der Waals surface area contributed by atoms with Crippen molar-refractivity contribution < 1.29 is 32.6 Å². The molecule has 7 nitrogen and oxygen atoms in total. The number of ether oxygens (including phenoxy) is 2. The minimum atomic E-state index is -1.17. The van der Waals surface area contributed by atoms with Crippen LogP contribution < -0.4 is 5.32 Å². The predicted molar refractivity (Wildman–Crippen MR) is 117 cm³/mol. The summed E-state index contributed by atoms with van der Waals surface area (Å²) in [5.74, 6) is -3.44. The number of nitrogens with one attached hydrogen (secondary N) is 1. The standard InChI is InChI=1S/C24H24F2N2O5/c1-24(2,3)33-23(31)28-13-15(18-7-5-6-8-20(18)28)11-19(22(30)32-4)27-21(29)14-9-16(25)12-17(26)10-14/h5-10,12-13,19H,11H2,1-4H3,(H,27,29)/t19-/m0/s1. The minimum Gasteiger partial charge on any atom is -0.467 e. The van der Waals surface area contributed by atoms with Gasteiger partial charge in [-0.3, -0.25) is 9.36 Å². The van der Waals surface area contributed by atoms with E-state index in [0.29, 0.717) is 22.5 Å². The summed E-state index contributed by atoms with van der Waals surface area (Å²) in [5.41, 5.74) is 0.129. The summed E-state index contributed by atoms with van der Waals surface area (Å²) >= 11 is 0. The highest BCUT2D eigenvalue weighted by Gasteiger charge is 2.26. The number of carbonyl (C=O) groups is 3. The third-order valence-electron chi connectivity index (χ3n) is 4.72. The quantitative estimate of drug-likeness (QED) is 0.579. The maximum absolute atomic E-state index is 13.5. The average molecular weight is 458 g/mol. The molecule has 0 saturated heterocycles. The molecule has 0 spiro atoms. The first-order chi connectivity index (χ1) is 15.5. The zero-order valence-electron chi connectivity index (χ0n) is 18.6. The smallest absolute Gasteiger partial charge is 0.419 e. The molecule has 0 aliphatic carbocycles. The average Bonchev–Trinajstić information content (AvgIpc) is 3.09. The van der Waals surface area contributed by atoms with Crippen molar-refractivity contribution in [3.63, 3.8) is 0 Å². The number of nitrogens with zero attached hydrogens (tertiary/aromatic N) is 1. The van der Waals surface area contributed by atoms with Crippen molar-refractivity contribution in [2.24, 2.45) is 0 Å². The van der Waals surface area contributed by atoms with Crippen LogP contribution in [0.15, 0.2) is 48.7 Å². The molecule has 3 rings (SSSR count). The van der Waals surface area contributed by atoms with Crippen LogP contribution in [0, 0.1) is 11.6 Å². The van der Waals surface area contributed by atoms with Gasteiger partial charge in [-0.15, -0.1) is 0 Å². The Morgan fingerprint density at radius 1 is 1.06 bits per heavy atom. The third kappa shape index (κ3) is 5.74. The lowest BCUT2D eigenvalue weighted by Crippen LogP contribution is -2.43. The van der Waals surface area contributed by atoms with E-state index >= 15 is 0 Å². The highest BCUT2D eigenvalue weighted by Crippen LogP contribution is 2.24. The van der Waals surface area contributed by atoms with Crippen LogP contribution in [0.1, 0.15) is 36.7 Å². The monoisotopic (exact) mass is 458 g/mol. The van der Waals surface area contributed by atoms with Gasteiger partial charge in [-0.25, -0.2) is 18.4 Å². The predicted octanol–water partition coefficient (Wildman–Crippen LogP) is 4.22. The molecule has 1 amide bonds. The maximum Gasteiger partial charge on any atom is 0.419 e. The minimum absolute atomic E-state index is 0.0352. The van der Waals surface area contributed by atoms with Crippen LogP contribution in [-0.2, 0) is 20.7 Å². The molecule has 1 aromatic heterocycles. The van der Waals surface area contributed by atoms with Gasteiger partial charge >= 0.3 is 12.1 Å². The molecule has 1 N–H and O–H groups in total. The number of fused-ring (bicyclic) bond motifs is 1. The van der Waals surface area contributed by atoms with Gasteiger partial charge in [-0.2, -0.15) is 0 Å². The van der Waals surface area contributed by atoms with Gasteiger partial charge in [0.2, 0.25) is 0 Å². The van der Waals surface area contributed by atoms with Crippen molar-refractivity contribution in [2.45, 2.75) is 38.8 Å². The first kappa shape index (κ1) is 23.9. The van der Waals surface area contributed by atoms with Gasteiger partial charge < -0.3 is 14.8 Å². The summed E-state index contributed by atoms with van der Waals surface area (Å²) in [5, 5.41) is 3.13. The zero-order valence-corrected chi connectivity index (χ0v) is 18.6. The van der Waals surface area contributed by atoms with E-state index in [2.05, 4.69) is 5.32 Å². The summed E-state index contributed by atoms with van der Waals surface area (Å²) in [6, 6.07) is 8.21. The molecule has 174 valence electrons. The van der Waals surface area contributed by atoms with E-state index in [1.54, 1.807) is 45.0 Å². The number of carbonyl (C=O) groups excluding carboxylic acids is 3. The number of esters is 1. The van der Waals surface area contributed by atoms with E-state index in [0.717, 1.165) is 19.2 Å². The summed E-state index contributed by atoms with van der Waals surface area (Å²) in [4.78, 5) is 37.7. The number of amides is 1. The number of halogens is 2. The van der Waals surface area contributed by atoms with Gasteiger partial charge in [0.15, 0.2) is 0 Å². The molecule has 3 aromatic rings. The number of methoxy groups -OCH3 is 1. The topological polar surface area (TPSA) is 86.6 Å². The number of rotatable bonds is 5. The van der Waals surface area contributed by atoms with E-state index < -0.39 is 41.2 Å². The third-order valence-corrected chi connectivity index (χ3v) is 4.72. The molecule has 0 radical (unpaired) electrons. The summed E-state index contributed by atoms with van der Waals surface area (Å²) in [7, 11) is 1.16.